The highest BCUT2D eigenvalue weighted by atomic mass is 15.2. The molecule has 1 saturated heterocycles. The summed E-state index contributed by atoms with van der Waals surface area (Å²) >= 11 is 0. The van der Waals surface area contributed by atoms with Gasteiger partial charge in [0.1, 0.15) is 0 Å². The number of hydrogen-bond acceptors (Lipinski definition) is 1. The molecule has 1 heteroatoms. The predicted octanol–water partition coefficient (Wildman–Crippen LogP) is 1.78. The van der Waals surface area contributed by atoms with Gasteiger partial charge in [-0.2, -0.15) is 0 Å². The van der Waals surface area contributed by atoms with Gasteiger partial charge in [0.2, 0.25) is 0 Å². The Labute approximate surface area is 73.9 Å². The summed E-state index contributed by atoms with van der Waals surface area (Å²) in [6, 6.07) is 1.95. The summed E-state index contributed by atoms with van der Waals surface area (Å²) in [5, 5.41) is 3.71. The fraction of sp³-hybridized carbons (Fsp3) is 1.00. The zero-order valence-corrected chi connectivity index (χ0v) is 7.50. The Balaban J connectivity index is 1.77. The van der Waals surface area contributed by atoms with Crippen LogP contribution in [0.4, 0.5) is 0 Å². The first kappa shape index (κ1) is 6.42. The summed E-state index contributed by atoms with van der Waals surface area (Å²) in [5.74, 6) is 4.46. The molecule has 1 N–H and O–H groups in total. The van der Waals surface area contributed by atoms with Crippen molar-refractivity contribution in [1.29, 1.82) is 0 Å². The van der Waals surface area contributed by atoms with Crippen LogP contribution in [-0.4, -0.2) is 12.1 Å². The lowest BCUT2D eigenvalue weighted by molar-refractivity contribution is 0.119. The van der Waals surface area contributed by atoms with Gasteiger partial charge in [0.15, 0.2) is 0 Å². The molecule has 0 spiro atoms. The Morgan fingerprint density at radius 2 is 1.17 bits per heavy atom. The largest absolute Gasteiger partial charge is 0.308 e. The zero-order chi connectivity index (χ0) is 7.71. The van der Waals surface area contributed by atoms with Gasteiger partial charge in [-0.1, -0.05) is 0 Å². The van der Waals surface area contributed by atoms with Gasteiger partial charge in [0.25, 0.3) is 0 Å². The summed E-state index contributed by atoms with van der Waals surface area (Å²) in [4.78, 5) is 0. The van der Waals surface area contributed by atoms with E-state index in [0.29, 0.717) is 0 Å². The van der Waals surface area contributed by atoms with Gasteiger partial charge < -0.3 is 5.32 Å². The molecule has 1 heterocycles. The fourth-order valence-electron chi connectivity index (χ4n) is 4.57. The lowest BCUT2D eigenvalue weighted by atomic mass is 9.67. The Morgan fingerprint density at radius 1 is 0.667 bits per heavy atom. The van der Waals surface area contributed by atoms with Gasteiger partial charge >= 0.3 is 0 Å². The van der Waals surface area contributed by atoms with Gasteiger partial charge in [-0.05, 0) is 55.8 Å². The Kier molecular flexibility index (Phi) is 1.01. The first-order valence-corrected chi connectivity index (χ1v) is 5.66. The zero-order valence-electron chi connectivity index (χ0n) is 7.50. The second kappa shape index (κ2) is 1.89. The van der Waals surface area contributed by atoms with E-state index in [2.05, 4.69) is 5.32 Å². The van der Waals surface area contributed by atoms with E-state index in [0.717, 1.165) is 35.8 Å². The third kappa shape index (κ3) is 0.693. The van der Waals surface area contributed by atoms with Crippen molar-refractivity contribution in [2.24, 2.45) is 23.7 Å². The minimum Gasteiger partial charge on any atom is -0.308 e. The minimum atomic E-state index is 0.977. The molecule has 0 amide bonds. The molecule has 4 aliphatic carbocycles. The summed E-state index contributed by atoms with van der Waals surface area (Å²) in [5.41, 5.74) is 0. The highest BCUT2D eigenvalue weighted by molar-refractivity contribution is 5.12. The molecule has 1 aliphatic heterocycles. The van der Waals surface area contributed by atoms with E-state index >= 15 is 0 Å². The molecule has 5 aliphatic rings. The maximum absolute atomic E-state index is 3.71. The molecule has 4 saturated carbocycles. The smallest absolute Gasteiger partial charge is 0.0255 e. The van der Waals surface area contributed by atoms with Crippen LogP contribution in [0.2, 0.25) is 0 Å². The van der Waals surface area contributed by atoms with Gasteiger partial charge in [0, 0.05) is 12.1 Å². The fourth-order valence-corrected chi connectivity index (χ4v) is 4.57. The van der Waals surface area contributed by atoms with E-state index in [1.165, 1.54) is 0 Å². The normalized spacial score (nSPS) is 66.0. The number of nitrogens with one attached hydrogen (secondary N) is 1. The third-order valence-electron chi connectivity index (χ3n) is 4.89. The van der Waals surface area contributed by atoms with Crippen LogP contribution in [0.1, 0.15) is 32.1 Å². The van der Waals surface area contributed by atoms with Gasteiger partial charge in [-0.3, -0.25) is 0 Å². The Hall–Kier alpha value is -0.0400. The van der Waals surface area contributed by atoms with Gasteiger partial charge in [0.05, 0.1) is 0 Å². The second-order valence-electron chi connectivity index (χ2n) is 5.65. The van der Waals surface area contributed by atoms with Crippen LogP contribution in [0.25, 0.3) is 0 Å². The van der Waals surface area contributed by atoms with Crippen molar-refractivity contribution in [2.45, 2.75) is 44.2 Å². The Bertz CT molecular complexity index is 191. The quantitative estimate of drug-likeness (QED) is 0.540. The second-order valence-corrected chi connectivity index (χ2v) is 5.65. The molecule has 2 atom stereocenters. The van der Waals surface area contributed by atoms with Crippen LogP contribution in [0.3, 0.4) is 0 Å². The summed E-state index contributed by atoms with van der Waals surface area (Å²) in [6.45, 7) is 0. The van der Waals surface area contributed by atoms with Gasteiger partial charge in [-0.25, -0.2) is 0 Å². The van der Waals surface area contributed by atoms with Crippen LogP contribution < -0.4 is 5.32 Å². The molecule has 5 fully saturated rings. The number of rotatable bonds is 0. The van der Waals surface area contributed by atoms with E-state index in [1.807, 2.05) is 0 Å². The predicted molar refractivity (Wildman–Crippen MR) is 47.8 cm³/mol. The molecule has 1 nitrogen and oxygen atoms in total. The first-order valence-electron chi connectivity index (χ1n) is 5.66. The van der Waals surface area contributed by atoms with Gasteiger partial charge in [-0.15, -0.1) is 0 Å². The van der Waals surface area contributed by atoms with Crippen LogP contribution in [0, 0.1) is 23.7 Å². The van der Waals surface area contributed by atoms with Crippen LogP contribution in [0.15, 0.2) is 0 Å². The molecule has 12 heavy (non-hydrogen) atoms. The van der Waals surface area contributed by atoms with E-state index in [9.17, 15) is 0 Å². The van der Waals surface area contributed by atoms with Crippen LogP contribution in [-0.2, 0) is 0 Å². The third-order valence-corrected chi connectivity index (χ3v) is 4.89. The minimum absolute atomic E-state index is 0.977. The monoisotopic (exact) mass is 163 g/mol. The topological polar surface area (TPSA) is 21.9 Å². The van der Waals surface area contributed by atoms with Crippen molar-refractivity contribution in [1.82, 2.24) is 5.32 Å². The summed E-state index contributed by atoms with van der Waals surface area (Å²) in [6.07, 6.45) is 7.87. The highest BCUT2D eigenvalue weighted by Gasteiger charge is 2.55. The van der Waals surface area contributed by atoms with Crippen molar-refractivity contribution in [3.8, 4) is 0 Å². The van der Waals surface area contributed by atoms with Crippen molar-refractivity contribution >= 4 is 0 Å². The van der Waals surface area contributed by atoms with E-state index in [4.69, 9.17) is 0 Å². The molecular weight excluding hydrogens is 146 g/mol. The lowest BCUT2D eigenvalue weighted by Gasteiger charge is -2.39. The molecule has 0 radical (unpaired) electrons. The van der Waals surface area contributed by atoms with Crippen LogP contribution >= 0.6 is 0 Å². The van der Waals surface area contributed by atoms with Crippen molar-refractivity contribution in [3.05, 3.63) is 0 Å². The molecular formula is C11H17N. The average Bonchev–Trinajstić information content (AvgIpc) is 2.79. The average molecular weight is 163 g/mol. The molecule has 66 valence electrons. The van der Waals surface area contributed by atoms with E-state index in [1.54, 1.807) is 32.1 Å². The summed E-state index contributed by atoms with van der Waals surface area (Å²) < 4.78 is 0. The van der Waals surface area contributed by atoms with Crippen molar-refractivity contribution < 1.29 is 0 Å². The summed E-state index contributed by atoms with van der Waals surface area (Å²) in [7, 11) is 0. The molecule has 2 unspecified atom stereocenters. The van der Waals surface area contributed by atoms with E-state index in [-0.39, 0.29) is 0 Å². The SMILES string of the molecule is C1C2CC3CC1CC(C2)C1NC31. The Morgan fingerprint density at radius 3 is 1.67 bits per heavy atom. The maximum atomic E-state index is 3.71. The molecule has 0 aromatic carbocycles. The first-order chi connectivity index (χ1) is 5.90. The molecule has 0 aromatic heterocycles. The molecule has 5 rings (SSSR count). The van der Waals surface area contributed by atoms with E-state index < -0.39 is 0 Å². The molecule has 4 bridgehead atoms. The van der Waals surface area contributed by atoms with Crippen LogP contribution in [0.5, 0.6) is 0 Å². The highest BCUT2D eigenvalue weighted by Crippen LogP contribution is 2.54. The van der Waals surface area contributed by atoms with Crippen molar-refractivity contribution in [2.75, 3.05) is 0 Å². The lowest BCUT2D eigenvalue weighted by Crippen LogP contribution is -2.31. The maximum Gasteiger partial charge on any atom is 0.0255 e. The standard InChI is InChI=1S/C11H17N/c1-6-2-8-4-7(1)5-9(3-6)11-10(8)12-11/h6-12H,1-5H2. The molecule has 0 aromatic rings. The number of hydrogen-bond donors (Lipinski definition) is 1. The van der Waals surface area contributed by atoms with Crippen molar-refractivity contribution in [3.63, 3.8) is 0 Å².